The zero-order chi connectivity index (χ0) is 23.2. The number of rotatable bonds is 3. The molecule has 1 aliphatic heterocycles. The number of hydrogen-bond donors (Lipinski definition) is 1. The Morgan fingerprint density at radius 2 is 1.62 bits per heavy atom. The predicted octanol–water partition coefficient (Wildman–Crippen LogP) is 6.83. The van der Waals surface area contributed by atoms with Crippen LogP contribution in [0.15, 0.2) is 70.7 Å². The van der Waals surface area contributed by atoms with E-state index in [9.17, 15) is 19.1 Å². The number of aliphatic hydroxyl groups excluding tert-OH is 1. The lowest BCUT2D eigenvalue weighted by Gasteiger charge is -2.26. The van der Waals surface area contributed by atoms with Gasteiger partial charge in [0.15, 0.2) is 0 Å². The normalized spacial score (nSPS) is 17.8. The largest absolute Gasteiger partial charge is 0.507 e. The molecule has 0 radical (unpaired) electrons. The lowest BCUT2D eigenvalue weighted by molar-refractivity contribution is -0.132. The molecule has 1 fully saturated rings. The highest BCUT2D eigenvalue weighted by atomic mass is 79.9. The van der Waals surface area contributed by atoms with Gasteiger partial charge >= 0.3 is 0 Å². The van der Waals surface area contributed by atoms with Gasteiger partial charge in [-0.25, -0.2) is 4.39 Å². The zero-order valence-electron chi connectivity index (χ0n) is 16.6. The van der Waals surface area contributed by atoms with Gasteiger partial charge in [0, 0.05) is 25.8 Å². The van der Waals surface area contributed by atoms with Gasteiger partial charge in [-0.15, -0.1) is 0 Å². The maximum atomic E-state index is 13.6. The van der Waals surface area contributed by atoms with E-state index in [0.717, 1.165) is 10.0 Å². The number of aryl methyl sites for hydroxylation is 1. The van der Waals surface area contributed by atoms with Crippen molar-refractivity contribution in [2.75, 3.05) is 4.90 Å². The average Bonchev–Trinajstić information content (AvgIpc) is 3.00. The van der Waals surface area contributed by atoms with E-state index < -0.39 is 23.5 Å². The molecule has 1 amide bonds. The summed E-state index contributed by atoms with van der Waals surface area (Å²) in [5.41, 5.74) is 1.82. The minimum atomic E-state index is -1.01. The first kappa shape index (κ1) is 22.5. The third-order valence-corrected chi connectivity index (χ3v) is 6.51. The highest BCUT2D eigenvalue weighted by Gasteiger charge is 2.47. The minimum absolute atomic E-state index is 0.112. The molecule has 1 atom stereocenters. The Morgan fingerprint density at radius 1 is 1.00 bits per heavy atom. The predicted molar refractivity (Wildman–Crippen MR) is 127 cm³/mol. The smallest absolute Gasteiger partial charge is 0.300 e. The molecule has 8 heteroatoms. The molecule has 1 aliphatic rings. The van der Waals surface area contributed by atoms with Gasteiger partial charge in [0.1, 0.15) is 11.6 Å². The third kappa shape index (κ3) is 4.06. The van der Waals surface area contributed by atoms with Gasteiger partial charge in [-0.1, -0.05) is 57.3 Å². The maximum Gasteiger partial charge on any atom is 0.300 e. The Kier molecular flexibility index (Phi) is 6.12. The van der Waals surface area contributed by atoms with Gasteiger partial charge in [0.05, 0.1) is 11.6 Å². The molecule has 3 aromatic carbocycles. The molecular formula is C24H15BrCl2FNO3. The highest BCUT2D eigenvalue weighted by Crippen LogP contribution is 2.43. The molecule has 0 aliphatic carbocycles. The van der Waals surface area contributed by atoms with Gasteiger partial charge in [-0.2, -0.15) is 0 Å². The van der Waals surface area contributed by atoms with Gasteiger partial charge in [0.25, 0.3) is 11.7 Å². The number of carbonyl (C=O) groups excluding carboxylic acids is 2. The second kappa shape index (κ2) is 8.70. The number of carbonyl (C=O) groups is 2. The van der Waals surface area contributed by atoms with Crippen LogP contribution in [0.2, 0.25) is 10.0 Å². The third-order valence-electron chi connectivity index (χ3n) is 5.19. The number of benzene rings is 3. The molecule has 0 bridgehead atoms. The van der Waals surface area contributed by atoms with E-state index in [2.05, 4.69) is 15.9 Å². The minimum Gasteiger partial charge on any atom is -0.507 e. The second-order valence-corrected chi connectivity index (χ2v) is 9.04. The van der Waals surface area contributed by atoms with E-state index in [1.165, 1.54) is 47.4 Å². The first-order valence-electron chi connectivity index (χ1n) is 9.46. The molecule has 0 saturated carbocycles. The molecule has 32 heavy (non-hydrogen) atoms. The Bertz CT molecular complexity index is 1270. The van der Waals surface area contributed by atoms with Crippen LogP contribution >= 0.6 is 39.1 Å². The summed E-state index contributed by atoms with van der Waals surface area (Å²) in [6, 6.07) is 13.9. The van der Waals surface area contributed by atoms with Crippen LogP contribution in [0.5, 0.6) is 0 Å². The van der Waals surface area contributed by atoms with Crippen LogP contribution in [0, 0.1) is 12.7 Å². The fraction of sp³-hybridized carbons (Fsp3) is 0.0833. The second-order valence-electron chi connectivity index (χ2n) is 7.31. The molecule has 0 spiro atoms. The van der Waals surface area contributed by atoms with Crippen molar-refractivity contribution in [2.45, 2.75) is 13.0 Å². The van der Waals surface area contributed by atoms with Gasteiger partial charge in [0.2, 0.25) is 0 Å². The molecule has 4 rings (SSSR count). The lowest BCUT2D eigenvalue weighted by atomic mass is 9.94. The molecular weight excluding hydrogens is 520 g/mol. The molecule has 1 unspecified atom stereocenters. The van der Waals surface area contributed by atoms with Crippen molar-refractivity contribution in [3.05, 3.63) is 103 Å². The van der Waals surface area contributed by atoms with Gasteiger partial charge < -0.3 is 5.11 Å². The Morgan fingerprint density at radius 3 is 2.22 bits per heavy atom. The summed E-state index contributed by atoms with van der Waals surface area (Å²) >= 11 is 15.7. The number of Topliss-reactive ketones (excluding diaryl/α,β-unsaturated/α-hetero) is 1. The summed E-state index contributed by atoms with van der Waals surface area (Å²) in [5, 5.41) is 11.7. The molecule has 0 aromatic heterocycles. The standard InChI is InChI=1S/C24H15BrCl2FNO3/c1-12-8-14(4-7-19(12)25)22(30)20-21(13-2-5-17(28)6-3-13)29(24(32)23(20)31)18-10-15(26)9-16(27)11-18/h2-11,21,30H,1H3/b22-20+. The lowest BCUT2D eigenvalue weighted by Crippen LogP contribution is -2.29. The number of nitrogens with zero attached hydrogens (tertiary/aromatic N) is 1. The van der Waals surface area contributed by atoms with Crippen LogP contribution in [0.3, 0.4) is 0 Å². The summed E-state index contributed by atoms with van der Waals surface area (Å²) in [4.78, 5) is 27.4. The molecule has 1 saturated heterocycles. The summed E-state index contributed by atoms with van der Waals surface area (Å²) < 4.78 is 14.4. The Balaban J connectivity index is 1.97. The van der Waals surface area contributed by atoms with Crippen molar-refractivity contribution in [1.29, 1.82) is 0 Å². The van der Waals surface area contributed by atoms with Crippen molar-refractivity contribution in [3.63, 3.8) is 0 Å². The fourth-order valence-corrected chi connectivity index (χ4v) is 4.45. The van der Waals surface area contributed by atoms with Crippen LogP contribution < -0.4 is 4.90 Å². The van der Waals surface area contributed by atoms with E-state index in [1.807, 2.05) is 6.92 Å². The maximum absolute atomic E-state index is 13.6. The monoisotopic (exact) mass is 533 g/mol. The van der Waals surface area contributed by atoms with E-state index in [-0.39, 0.29) is 27.1 Å². The van der Waals surface area contributed by atoms with E-state index in [4.69, 9.17) is 23.2 Å². The van der Waals surface area contributed by atoms with Crippen molar-refractivity contribution >= 4 is 62.3 Å². The number of anilines is 1. The first-order chi connectivity index (χ1) is 15.2. The number of amides is 1. The van der Waals surface area contributed by atoms with Crippen LogP contribution in [-0.2, 0) is 9.59 Å². The number of halogens is 4. The molecule has 1 N–H and O–H groups in total. The van der Waals surface area contributed by atoms with Gasteiger partial charge in [-0.05, 0) is 60.5 Å². The van der Waals surface area contributed by atoms with Crippen molar-refractivity contribution in [1.82, 2.24) is 0 Å². The van der Waals surface area contributed by atoms with E-state index in [0.29, 0.717) is 11.1 Å². The van der Waals surface area contributed by atoms with Crippen LogP contribution in [0.25, 0.3) is 5.76 Å². The zero-order valence-corrected chi connectivity index (χ0v) is 19.7. The molecule has 3 aromatic rings. The van der Waals surface area contributed by atoms with Crippen molar-refractivity contribution in [2.24, 2.45) is 0 Å². The number of aliphatic hydroxyl groups is 1. The fourth-order valence-electron chi connectivity index (χ4n) is 3.69. The Hall–Kier alpha value is -2.67. The SMILES string of the molecule is Cc1cc(/C(O)=C2\C(=O)C(=O)N(c3cc(Cl)cc(Cl)c3)C2c2ccc(F)cc2)ccc1Br. The van der Waals surface area contributed by atoms with Crippen LogP contribution in [-0.4, -0.2) is 16.8 Å². The average molecular weight is 535 g/mol. The van der Waals surface area contributed by atoms with Crippen molar-refractivity contribution in [3.8, 4) is 0 Å². The molecule has 162 valence electrons. The topological polar surface area (TPSA) is 57.6 Å². The Labute approximate surface area is 202 Å². The molecule has 4 nitrogen and oxygen atoms in total. The highest BCUT2D eigenvalue weighted by molar-refractivity contribution is 9.10. The first-order valence-corrected chi connectivity index (χ1v) is 11.0. The van der Waals surface area contributed by atoms with Crippen LogP contribution in [0.1, 0.15) is 22.7 Å². The summed E-state index contributed by atoms with van der Waals surface area (Å²) in [7, 11) is 0. The summed E-state index contributed by atoms with van der Waals surface area (Å²) in [6.07, 6.45) is 0. The number of ketones is 1. The van der Waals surface area contributed by atoms with E-state index in [1.54, 1.807) is 18.2 Å². The summed E-state index contributed by atoms with van der Waals surface area (Å²) in [6.45, 7) is 1.84. The van der Waals surface area contributed by atoms with Crippen molar-refractivity contribution < 1.29 is 19.1 Å². The summed E-state index contributed by atoms with van der Waals surface area (Å²) in [5.74, 6) is -2.52. The number of hydrogen-bond acceptors (Lipinski definition) is 3. The molecule has 1 heterocycles. The van der Waals surface area contributed by atoms with E-state index >= 15 is 0 Å². The van der Waals surface area contributed by atoms with Gasteiger partial charge in [-0.3, -0.25) is 14.5 Å². The van der Waals surface area contributed by atoms with Crippen LogP contribution in [0.4, 0.5) is 10.1 Å². The quantitative estimate of drug-likeness (QED) is 0.227.